The number of alkyl carbamates (subject to hydrolysis) is 1. The number of ether oxygens (including phenoxy) is 2. The van der Waals surface area contributed by atoms with Crippen LogP contribution in [0.2, 0.25) is 0 Å². The quantitative estimate of drug-likeness (QED) is 0.574. The molecule has 9 heteroatoms. The third kappa shape index (κ3) is 4.40. The van der Waals surface area contributed by atoms with Gasteiger partial charge in [-0.3, -0.25) is 4.79 Å². The summed E-state index contributed by atoms with van der Waals surface area (Å²) in [5.41, 5.74) is 0.250. The van der Waals surface area contributed by atoms with Crippen molar-refractivity contribution in [3.63, 3.8) is 0 Å². The minimum Gasteiger partial charge on any atom is -0.466 e. The number of hydrogen-bond donors (Lipinski definition) is 1. The SMILES string of the molecule is CCOC(=O)[C@@H]1C[C@@H]2[C@H]([C@H]1NC(=O)OC(C)(C)C)N2S(=O)(=O)c1ccc(C)cc1. The van der Waals surface area contributed by atoms with Crippen LogP contribution in [0.15, 0.2) is 29.2 Å². The van der Waals surface area contributed by atoms with Gasteiger partial charge in [0.1, 0.15) is 5.60 Å². The smallest absolute Gasteiger partial charge is 0.407 e. The second kappa shape index (κ2) is 7.60. The number of nitrogens with zero attached hydrogens (tertiary/aromatic N) is 1. The summed E-state index contributed by atoms with van der Waals surface area (Å²) in [6.07, 6.45) is -0.383. The first kappa shape index (κ1) is 21.6. The Morgan fingerprint density at radius 2 is 1.83 bits per heavy atom. The molecule has 29 heavy (non-hydrogen) atoms. The molecule has 1 aromatic carbocycles. The van der Waals surface area contributed by atoms with Crippen LogP contribution in [0, 0.1) is 12.8 Å². The lowest BCUT2D eigenvalue weighted by molar-refractivity contribution is -0.148. The lowest BCUT2D eigenvalue weighted by Crippen LogP contribution is -2.48. The van der Waals surface area contributed by atoms with Crippen LogP contribution in [-0.2, 0) is 24.3 Å². The lowest BCUT2D eigenvalue weighted by atomic mass is 10.0. The molecule has 1 N–H and O–H groups in total. The highest BCUT2D eigenvalue weighted by Crippen LogP contribution is 2.49. The lowest BCUT2D eigenvalue weighted by Gasteiger charge is -2.26. The van der Waals surface area contributed by atoms with E-state index in [0.717, 1.165) is 5.56 Å². The van der Waals surface area contributed by atoms with Crippen LogP contribution >= 0.6 is 0 Å². The Morgan fingerprint density at radius 1 is 1.21 bits per heavy atom. The fourth-order valence-corrected chi connectivity index (χ4v) is 5.68. The molecule has 1 aromatic rings. The van der Waals surface area contributed by atoms with E-state index < -0.39 is 45.7 Å². The maximum absolute atomic E-state index is 13.0. The molecule has 1 aliphatic heterocycles. The number of aryl methyl sites for hydroxylation is 1. The van der Waals surface area contributed by atoms with Crippen molar-refractivity contribution in [3.05, 3.63) is 29.8 Å². The molecule has 0 aromatic heterocycles. The first-order valence-electron chi connectivity index (χ1n) is 9.72. The van der Waals surface area contributed by atoms with E-state index in [1.807, 2.05) is 6.92 Å². The van der Waals surface area contributed by atoms with Gasteiger partial charge in [0.2, 0.25) is 10.0 Å². The van der Waals surface area contributed by atoms with Gasteiger partial charge < -0.3 is 14.8 Å². The van der Waals surface area contributed by atoms with Gasteiger partial charge in [-0.1, -0.05) is 17.7 Å². The second-order valence-corrected chi connectivity index (χ2v) is 10.3. The van der Waals surface area contributed by atoms with E-state index >= 15 is 0 Å². The summed E-state index contributed by atoms with van der Waals surface area (Å²) in [6, 6.07) is 5.07. The topological polar surface area (TPSA) is 102 Å². The number of sulfonamides is 1. The van der Waals surface area contributed by atoms with Crippen molar-refractivity contribution in [2.75, 3.05) is 6.61 Å². The normalized spacial score (nSPS) is 28.4. The van der Waals surface area contributed by atoms with Gasteiger partial charge in [0, 0.05) is 6.04 Å². The molecule has 5 atom stereocenters. The van der Waals surface area contributed by atoms with Crippen LogP contribution in [-0.4, -0.2) is 55.1 Å². The predicted molar refractivity (Wildman–Crippen MR) is 106 cm³/mol. The molecule has 2 aliphatic rings. The monoisotopic (exact) mass is 424 g/mol. The fourth-order valence-electron chi connectivity index (χ4n) is 3.85. The molecule has 160 valence electrons. The van der Waals surface area contributed by atoms with Crippen LogP contribution in [0.4, 0.5) is 4.79 Å². The molecule has 0 radical (unpaired) electrons. The van der Waals surface area contributed by atoms with Gasteiger partial charge in [0.15, 0.2) is 0 Å². The van der Waals surface area contributed by atoms with Crippen molar-refractivity contribution in [1.29, 1.82) is 0 Å². The number of benzene rings is 1. The second-order valence-electron chi connectivity index (χ2n) is 8.47. The Bertz CT molecular complexity index is 891. The summed E-state index contributed by atoms with van der Waals surface area (Å²) in [5.74, 6) is -1.05. The molecular weight excluding hydrogens is 396 g/mol. The van der Waals surface area contributed by atoms with Gasteiger partial charge in [0.05, 0.1) is 29.5 Å². The predicted octanol–water partition coefficient (Wildman–Crippen LogP) is 2.21. The molecule has 0 spiro atoms. The average Bonchev–Trinajstić information content (AvgIpc) is 3.22. The van der Waals surface area contributed by atoms with Gasteiger partial charge in [-0.05, 0) is 53.2 Å². The van der Waals surface area contributed by atoms with Gasteiger partial charge >= 0.3 is 12.1 Å². The van der Waals surface area contributed by atoms with Gasteiger partial charge in [0.25, 0.3) is 0 Å². The van der Waals surface area contributed by atoms with Crippen LogP contribution in [0.5, 0.6) is 0 Å². The molecule has 1 unspecified atom stereocenters. The number of amides is 1. The number of esters is 1. The number of nitrogens with one attached hydrogen (secondary N) is 1. The summed E-state index contributed by atoms with van der Waals surface area (Å²) in [5, 5.41) is 2.71. The van der Waals surface area contributed by atoms with E-state index in [2.05, 4.69) is 5.32 Å². The van der Waals surface area contributed by atoms with E-state index in [-0.39, 0.29) is 17.5 Å². The van der Waals surface area contributed by atoms with Gasteiger partial charge in [-0.2, -0.15) is 4.31 Å². The van der Waals surface area contributed by atoms with Crippen molar-refractivity contribution in [1.82, 2.24) is 9.62 Å². The molecule has 1 heterocycles. The zero-order valence-corrected chi connectivity index (χ0v) is 18.2. The zero-order valence-electron chi connectivity index (χ0n) is 17.3. The Balaban J connectivity index is 1.81. The minimum absolute atomic E-state index is 0.196. The molecule has 1 aliphatic carbocycles. The highest BCUT2D eigenvalue weighted by Gasteiger charge is 2.67. The van der Waals surface area contributed by atoms with Crippen molar-refractivity contribution in [2.24, 2.45) is 5.92 Å². The highest BCUT2D eigenvalue weighted by atomic mass is 32.2. The summed E-state index contributed by atoms with van der Waals surface area (Å²) in [6.45, 7) is 9.01. The van der Waals surface area contributed by atoms with Crippen LogP contribution < -0.4 is 5.32 Å². The molecule has 0 bridgehead atoms. The number of carbonyl (C=O) groups excluding carboxylic acids is 2. The standard InChI is InChI=1S/C20H28N2O6S/c1-6-27-18(23)14-11-15-17(16(14)21-19(24)28-20(3,4)5)22(15)29(25,26)13-9-7-12(2)8-10-13/h7-10,14-17H,6,11H2,1-5H3,(H,21,24)/t14-,15-,16+,17-,22?/m1/s1. The van der Waals surface area contributed by atoms with E-state index in [0.29, 0.717) is 6.42 Å². The molecule has 3 rings (SSSR count). The molecule has 1 saturated carbocycles. The van der Waals surface area contributed by atoms with Crippen molar-refractivity contribution < 1.29 is 27.5 Å². The Labute approximate surface area is 171 Å². The Hall–Kier alpha value is -2.13. The molecular formula is C20H28N2O6S. The number of hydrogen-bond acceptors (Lipinski definition) is 6. The number of fused-ring (bicyclic) bond motifs is 1. The van der Waals surface area contributed by atoms with E-state index in [9.17, 15) is 18.0 Å². The van der Waals surface area contributed by atoms with Gasteiger partial charge in [-0.15, -0.1) is 0 Å². The first-order valence-corrected chi connectivity index (χ1v) is 11.2. The summed E-state index contributed by atoms with van der Waals surface area (Å²) >= 11 is 0. The van der Waals surface area contributed by atoms with E-state index in [1.165, 1.54) is 4.31 Å². The van der Waals surface area contributed by atoms with Crippen molar-refractivity contribution >= 4 is 22.1 Å². The number of piperidine rings is 1. The summed E-state index contributed by atoms with van der Waals surface area (Å²) in [7, 11) is -3.72. The van der Waals surface area contributed by atoms with Crippen molar-refractivity contribution in [2.45, 2.75) is 69.7 Å². The minimum atomic E-state index is -3.72. The number of rotatable bonds is 5. The van der Waals surface area contributed by atoms with Crippen LogP contribution in [0.3, 0.4) is 0 Å². The van der Waals surface area contributed by atoms with E-state index in [4.69, 9.17) is 9.47 Å². The van der Waals surface area contributed by atoms with Crippen LogP contribution in [0.1, 0.15) is 39.7 Å². The molecule has 1 saturated heterocycles. The Kier molecular flexibility index (Phi) is 5.66. The fraction of sp³-hybridized carbons (Fsp3) is 0.600. The molecule has 8 nitrogen and oxygen atoms in total. The summed E-state index contributed by atoms with van der Waals surface area (Å²) < 4.78 is 37.9. The van der Waals surface area contributed by atoms with Crippen LogP contribution in [0.25, 0.3) is 0 Å². The third-order valence-corrected chi connectivity index (χ3v) is 7.03. The van der Waals surface area contributed by atoms with E-state index in [1.54, 1.807) is 52.0 Å². The Morgan fingerprint density at radius 3 is 2.38 bits per heavy atom. The average molecular weight is 425 g/mol. The highest BCUT2D eigenvalue weighted by molar-refractivity contribution is 7.89. The maximum Gasteiger partial charge on any atom is 0.407 e. The third-order valence-electron chi connectivity index (χ3n) is 5.09. The molecule has 1 amide bonds. The first-order chi connectivity index (χ1) is 13.5. The number of carbonyl (C=O) groups is 2. The zero-order chi connectivity index (χ0) is 21.6. The maximum atomic E-state index is 13.0. The van der Waals surface area contributed by atoms with Gasteiger partial charge in [-0.25, -0.2) is 13.2 Å². The van der Waals surface area contributed by atoms with Crippen molar-refractivity contribution in [3.8, 4) is 0 Å². The largest absolute Gasteiger partial charge is 0.466 e. The molecule has 2 fully saturated rings. The summed E-state index contributed by atoms with van der Waals surface area (Å²) in [4.78, 5) is 24.9.